The van der Waals surface area contributed by atoms with E-state index in [0.29, 0.717) is 11.8 Å². The van der Waals surface area contributed by atoms with Crippen LogP contribution in [0.25, 0.3) is 17.1 Å². The Morgan fingerprint density at radius 1 is 1.14 bits per heavy atom. The fraction of sp³-hybridized carbons (Fsp3) is 0.286. The van der Waals surface area contributed by atoms with Crippen molar-refractivity contribution in [3.63, 3.8) is 0 Å². The number of aryl methyl sites for hydroxylation is 1. The van der Waals surface area contributed by atoms with Crippen LogP contribution in [-0.4, -0.2) is 46.2 Å². The highest BCUT2D eigenvalue weighted by Gasteiger charge is 2.17. The first kappa shape index (κ1) is 20.1. The van der Waals surface area contributed by atoms with Crippen LogP contribution in [0.5, 0.6) is 0 Å². The summed E-state index contributed by atoms with van der Waals surface area (Å²) in [6.07, 6.45) is 0. The monoisotopic (exact) mass is 396 g/mol. The number of nitrogens with one attached hydrogen (secondary N) is 1. The first-order valence-electron chi connectivity index (χ1n) is 9.07. The van der Waals surface area contributed by atoms with Gasteiger partial charge in [-0.2, -0.15) is 0 Å². The number of carbonyl (C=O) groups excluding carboxylic acids is 1. The Bertz CT molecular complexity index is 910. The molecule has 0 fully saturated rings. The number of methoxy groups -OCH3 is 1. The highest BCUT2D eigenvalue weighted by Crippen LogP contribution is 2.28. The van der Waals surface area contributed by atoms with E-state index in [-0.39, 0.29) is 17.7 Å². The number of aromatic nitrogens is 3. The minimum Gasteiger partial charge on any atom is -0.383 e. The lowest BCUT2D eigenvalue weighted by Gasteiger charge is -2.13. The van der Waals surface area contributed by atoms with Crippen LogP contribution >= 0.6 is 11.8 Å². The van der Waals surface area contributed by atoms with Crippen molar-refractivity contribution in [1.29, 1.82) is 0 Å². The lowest BCUT2D eigenvalue weighted by Crippen LogP contribution is -2.36. The summed E-state index contributed by atoms with van der Waals surface area (Å²) in [5.74, 6) is 0.946. The summed E-state index contributed by atoms with van der Waals surface area (Å²) in [5.41, 5.74) is 3.12. The van der Waals surface area contributed by atoms with Gasteiger partial charge in [-0.3, -0.25) is 9.36 Å². The van der Waals surface area contributed by atoms with Crippen LogP contribution in [0.15, 0.2) is 59.8 Å². The van der Waals surface area contributed by atoms with Crippen molar-refractivity contribution < 1.29 is 9.53 Å². The molecule has 7 heteroatoms. The molecule has 3 rings (SSSR count). The predicted molar refractivity (Wildman–Crippen MR) is 112 cm³/mol. The first-order chi connectivity index (χ1) is 13.6. The molecule has 0 aliphatic heterocycles. The topological polar surface area (TPSA) is 69.0 Å². The lowest BCUT2D eigenvalue weighted by atomic mass is 10.2. The van der Waals surface area contributed by atoms with E-state index in [1.807, 2.05) is 54.0 Å². The van der Waals surface area contributed by atoms with Crippen molar-refractivity contribution in [1.82, 2.24) is 20.1 Å². The summed E-state index contributed by atoms with van der Waals surface area (Å²) in [4.78, 5) is 12.2. The lowest BCUT2D eigenvalue weighted by molar-refractivity contribution is -0.119. The zero-order valence-electron chi connectivity index (χ0n) is 16.3. The third-order valence-corrected chi connectivity index (χ3v) is 5.04. The molecule has 1 unspecified atom stereocenters. The number of carbonyl (C=O) groups is 1. The van der Waals surface area contributed by atoms with Gasteiger partial charge in [0.15, 0.2) is 11.0 Å². The molecule has 1 N–H and O–H groups in total. The Balaban J connectivity index is 1.86. The third kappa shape index (κ3) is 4.99. The van der Waals surface area contributed by atoms with Crippen molar-refractivity contribution in [2.75, 3.05) is 19.5 Å². The summed E-state index contributed by atoms with van der Waals surface area (Å²) in [6.45, 7) is 4.44. The zero-order chi connectivity index (χ0) is 19.9. The molecule has 0 spiro atoms. The second kappa shape index (κ2) is 9.52. The van der Waals surface area contributed by atoms with Gasteiger partial charge in [0.2, 0.25) is 5.91 Å². The van der Waals surface area contributed by atoms with Crippen molar-refractivity contribution in [2.45, 2.75) is 25.0 Å². The van der Waals surface area contributed by atoms with Crippen LogP contribution in [0, 0.1) is 6.92 Å². The molecule has 0 radical (unpaired) electrons. The summed E-state index contributed by atoms with van der Waals surface area (Å²) in [5, 5.41) is 12.3. The van der Waals surface area contributed by atoms with Gasteiger partial charge in [0.25, 0.3) is 0 Å². The number of benzene rings is 2. The van der Waals surface area contributed by atoms with Gasteiger partial charge in [-0.15, -0.1) is 10.2 Å². The number of rotatable bonds is 8. The van der Waals surface area contributed by atoms with Gasteiger partial charge >= 0.3 is 0 Å². The first-order valence-corrected chi connectivity index (χ1v) is 10.1. The fourth-order valence-electron chi connectivity index (χ4n) is 2.80. The average molecular weight is 397 g/mol. The smallest absolute Gasteiger partial charge is 0.230 e. The predicted octanol–water partition coefficient (Wildman–Crippen LogP) is 3.49. The van der Waals surface area contributed by atoms with E-state index in [4.69, 9.17) is 4.74 Å². The van der Waals surface area contributed by atoms with Crippen molar-refractivity contribution in [3.05, 3.63) is 60.2 Å². The second-order valence-electron chi connectivity index (χ2n) is 6.56. The molecule has 1 atom stereocenters. The average Bonchev–Trinajstić information content (AvgIpc) is 3.12. The van der Waals surface area contributed by atoms with E-state index in [1.54, 1.807) is 7.11 Å². The Hall–Kier alpha value is -2.64. The molecule has 1 amide bonds. The van der Waals surface area contributed by atoms with E-state index in [2.05, 4.69) is 34.6 Å². The van der Waals surface area contributed by atoms with Gasteiger partial charge in [-0.25, -0.2) is 0 Å². The maximum Gasteiger partial charge on any atom is 0.230 e. The van der Waals surface area contributed by atoms with Gasteiger partial charge < -0.3 is 10.1 Å². The molecule has 0 saturated heterocycles. The number of amides is 1. The highest BCUT2D eigenvalue weighted by molar-refractivity contribution is 7.99. The highest BCUT2D eigenvalue weighted by atomic mass is 32.2. The standard InChI is InChI=1S/C21H24N4O2S/c1-15-9-11-18(12-10-15)25-20(17-7-5-4-6-8-17)23-24-21(25)28-14-19(26)22-16(2)13-27-3/h4-12,16H,13-14H2,1-3H3,(H,22,26). The van der Waals surface area contributed by atoms with Gasteiger partial charge in [0.1, 0.15) is 0 Å². The van der Waals surface area contributed by atoms with Crippen LogP contribution in [0.2, 0.25) is 0 Å². The van der Waals surface area contributed by atoms with Gasteiger partial charge in [0, 0.05) is 24.4 Å². The largest absolute Gasteiger partial charge is 0.383 e. The SMILES string of the molecule is COCC(C)NC(=O)CSc1nnc(-c2ccccc2)n1-c1ccc(C)cc1. The minimum absolute atomic E-state index is 0.0343. The number of hydrogen-bond donors (Lipinski definition) is 1. The van der Waals surface area contributed by atoms with E-state index in [1.165, 1.54) is 17.3 Å². The van der Waals surface area contributed by atoms with E-state index in [0.717, 1.165) is 17.1 Å². The minimum atomic E-state index is -0.0609. The molecule has 28 heavy (non-hydrogen) atoms. The van der Waals surface area contributed by atoms with Crippen molar-refractivity contribution in [3.8, 4) is 17.1 Å². The van der Waals surface area contributed by atoms with Crippen LogP contribution in [0.1, 0.15) is 12.5 Å². The molecule has 0 bridgehead atoms. The molecule has 1 heterocycles. The summed E-state index contributed by atoms with van der Waals surface area (Å²) in [7, 11) is 1.62. The number of thioether (sulfide) groups is 1. The van der Waals surface area contributed by atoms with Gasteiger partial charge in [-0.05, 0) is 26.0 Å². The molecule has 2 aromatic carbocycles. The van der Waals surface area contributed by atoms with Crippen LogP contribution in [0.4, 0.5) is 0 Å². The summed E-state index contributed by atoms with van der Waals surface area (Å²) >= 11 is 1.37. The molecule has 146 valence electrons. The molecular formula is C21H24N4O2S. The molecule has 1 aromatic heterocycles. The van der Waals surface area contributed by atoms with Crippen LogP contribution in [-0.2, 0) is 9.53 Å². The van der Waals surface area contributed by atoms with Gasteiger partial charge in [0.05, 0.1) is 12.4 Å². The van der Waals surface area contributed by atoms with E-state index < -0.39 is 0 Å². The Labute approximate surface area is 169 Å². The maximum absolute atomic E-state index is 12.2. The molecule has 3 aromatic rings. The van der Waals surface area contributed by atoms with Gasteiger partial charge in [-0.1, -0.05) is 59.8 Å². The second-order valence-corrected chi connectivity index (χ2v) is 7.50. The Kier molecular flexibility index (Phi) is 6.84. The van der Waals surface area contributed by atoms with E-state index >= 15 is 0 Å². The molecule has 0 aliphatic rings. The normalized spacial score (nSPS) is 12.0. The van der Waals surface area contributed by atoms with E-state index in [9.17, 15) is 4.79 Å². The fourth-order valence-corrected chi connectivity index (χ4v) is 3.57. The maximum atomic E-state index is 12.2. The number of hydrogen-bond acceptors (Lipinski definition) is 5. The van der Waals surface area contributed by atoms with Crippen LogP contribution in [0.3, 0.4) is 0 Å². The Morgan fingerprint density at radius 3 is 2.54 bits per heavy atom. The van der Waals surface area contributed by atoms with Crippen molar-refractivity contribution in [2.24, 2.45) is 0 Å². The van der Waals surface area contributed by atoms with Crippen LogP contribution < -0.4 is 5.32 Å². The number of ether oxygens (including phenoxy) is 1. The molecule has 0 saturated carbocycles. The Morgan fingerprint density at radius 2 is 1.86 bits per heavy atom. The molecule has 6 nitrogen and oxygen atoms in total. The quantitative estimate of drug-likeness (QED) is 0.590. The third-order valence-electron chi connectivity index (χ3n) is 4.11. The summed E-state index contributed by atoms with van der Waals surface area (Å²) in [6, 6.07) is 18.1. The van der Waals surface area contributed by atoms with Crippen molar-refractivity contribution >= 4 is 17.7 Å². The zero-order valence-corrected chi connectivity index (χ0v) is 17.1. The number of nitrogens with zero attached hydrogens (tertiary/aromatic N) is 3. The summed E-state index contributed by atoms with van der Waals surface area (Å²) < 4.78 is 7.05. The molecule has 0 aliphatic carbocycles. The molecular weight excluding hydrogens is 372 g/mol.